The maximum atomic E-state index is 9.76. The summed E-state index contributed by atoms with van der Waals surface area (Å²) < 4.78 is 0. The summed E-state index contributed by atoms with van der Waals surface area (Å²) in [6.07, 6.45) is 4.13. The third kappa shape index (κ3) is 1.46. The Bertz CT molecular complexity index is 168. The van der Waals surface area contributed by atoms with E-state index in [1.54, 1.807) is 0 Å². The minimum atomic E-state index is -1.09. The van der Waals surface area contributed by atoms with E-state index in [4.69, 9.17) is 11.6 Å². The Kier molecular flexibility index (Phi) is 2.29. The van der Waals surface area contributed by atoms with Crippen LogP contribution in [0.15, 0.2) is 0 Å². The first kappa shape index (κ1) is 8.75. The van der Waals surface area contributed by atoms with E-state index in [0.717, 1.165) is 26.1 Å². The standard InChI is InChI=1S/C8H15ClN2O/c9-8(12)4-3-7-11(8)10-5-1-2-6-10/h12H,1-7H2. The lowest BCUT2D eigenvalue weighted by molar-refractivity contribution is -0.129. The molecule has 0 aliphatic carbocycles. The minimum absolute atomic E-state index is 0.686. The molecule has 1 atom stereocenters. The third-order valence-electron chi connectivity index (χ3n) is 2.68. The summed E-state index contributed by atoms with van der Waals surface area (Å²) in [5, 5.41) is 12.8. The number of nitrogens with zero attached hydrogens (tertiary/aromatic N) is 2. The van der Waals surface area contributed by atoms with Gasteiger partial charge in [-0.25, -0.2) is 5.01 Å². The van der Waals surface area contributed by atoms with Crippen LogP contribution in [0.5, 0.6) is 0 Å². The van der Waals surface area contributed by atoms with Crippen LogP contribution in [-0.4, -0.2) is 39.9 Å². The normalized spacial score (nSPS) is 39.5. The van der Waals surface area contributed by atoms with Crippen LogP contribution >= 0.6 is 11.6 Å². The molecule has 0 saturated carbocycles. The Hall–Kier alpha value is 0.170. The SMILES string of the molecule is OC1(Cl)CCCN1N1CCCC1. The van der Waals surface area contributed by atoms with Crippen LogP contribution in [0.3, 0.4) is 0 Å². The van der Waals surface area contributed by atoms with E-state index < -0.39 is 5.18 Å². The van der Waals surface area contributed by atoms with Crippen molar-refractivity contribution in [2.24, 2.45) is 0 Å². The number of hydrogen-bond donors (Lipinski definition) is 1. The van der Waals surface area contributed by atoms with Crippen molar-refractivity contribution in [3.05, 3.63) is 0 Å². The summed E-state index contributed by atoms with van der Waals surface area (Å²) in [5.41, 5.74) is 0. The van der Waals surface area contributed by atoms with Crippen molar-refractivity contribution in [2.75, 3.05) is 19.6 Å². The molecule has 0 amide bonds. The Labute approximate surface area is 77.9 Å². The van der Waals surface area contributed by atoms with E-state index in [9.17, 15) is 5.11 Å². The van der Waals surface area contributed by atoms with Crippen molar-refractivity contribution in [1.82, 2.24) is 10.0 Å². The minimum Gasteiger partial charge on any atom is -0.362 e. The quantitative estimate of drug-likeness (QED) is 0.493. The molecule has 4 heteroatoms. The topological polar surface area (TPSA) is 26.7 Å². The molecule has 0 aromatic rings. The van der Waals surface area contributed by atoms with Gasteiger partial charge < -0.3 is 5.11 Å². The Morgan fingerprint density at radius 1 is 1.08 bits per heavy atom. The van der Waals surface area contributed by atoms with E-state index in [2.05, 4.69) is 5.01 Å². The molecule has 1 N–H and O–H groups in total. The van der Waals surface area contributed by atoms with Crippen molar-refractivity contribution in [2.45, 2.75) is 30.9 Å². The molecule has 2 saturated heterocycles. The molecular formula is C8H15ClN2O. The van der Waals surface area contributed by atoms with Crippen LogP contribution < -0.4 is 0 Å². The molecule has 2 aliphatic heterocycles. The van der Waals surface area contributed by atoms with E-state index in [1.165, 1.54) is 12.8 Å². The zero-order valence-electron chi connectivity index (χ0n) is 7.17. The Morgan fingerprint density at radius 3 is 2.25 bits per heavy atom. The maximum Gasteiger partial charge on any atom is 0.208 e. The van der Waals surface area contributed by atoms with Crippen LogP contribution in [0.4, 0.5) is 0 Å². The molecule has 12 heavy (non-hydrogen) atoms. The van der Waals surface area contributed by atoms with Crippen molar-refractivity contribution in [1.29, 1.82) is 0 Å². The third-order valence-corrected chi connectivity index (χ3v) is 3.07. The van der Waals surface area contributed by atoms with E-state index in [1.807, 2.05) is 5.01 Å². The highest BCUT2D eigenvalue weighted by Crippen LogP contribution is 2.33. The number of hydrazine groups is 1. The summed E-state index contributed by atoms with van der Waals surface area (Å²) in [5.74, 6) is 0. The molecule has 0 aromatic heterocycles. The number of aliphatic hydroxyl groups is 1. The number of alkyl halides is 1. The zero-order valence-corrected chi connectivity index (χ0v) is 7.93. The lowest BCUT2D eigenvalue weighted by Gasteiger charge is -2.35. The number of rotatable bonds is 1. The second-order valence-electron chi connectivity index (χ2n) is 3.61. The molecule has 2 rings (SSSR count). The fourth-order valence-electron chi connectivity index (χ4n) is 2.05. The molecule has 2 heterocycles. The number of halogens is 1. The van der Waals surface area contributed by atoms with E-state index >= 15 is 0 Å². The summed E-state index contributed by atoms with van der Waals surface area (Å²) in [7, 11) is 0. The molecule has 1 unspecified atom stereocenters. The lowest BCUT2D eigenvalue weighted by Crippen LogP contribution is -2.49. The first-order chi connectivity index (χ1) is 5.70. The van der Waals surface area contributed by atoms with Crippen LogP contribution in [0.2, 0.25) is 0 Å². The predicted octanol–water partition coefficient (Wildman–Crippen LogP) is 0.978. The highest BCUT2D eigenvalue weighted by atomic mass is 35.5. The van der Waals surface area contributed by atoms with E-state index in [0.29, 0.717) is 6.42 Å². The zero-order chi connectivity index (χ0) is 8.60. The predicted molar refractivity (Wildman–Crippen MR) is 47.5 cm³/mol. The summed E-state index contributed by atoms with van der Waals surface area (Å²) in [4.78, 5) is 0. The van der Waals surface area contributed by atoms with Gasteiger partial charge in [-0.1, -0.05) is 11.6 Å². The van der Waals surface area contributed by atoms with Crippen LogP contribution in [-0.2, 0) is 0 Å². The molecule has 0 bridgehead atoms. The Morgan fingerprint density at radius 2 is 1.75 bits per heavy atom. The molecular weight excluding hydrogens is 176 g/mol. The highest BCUT2D eigenvalue weighted by molar-refractivity contribution is 6.22. The van der Waals surface area contributed by atoms with Gasteiger partial charge in [-0.05, 0) is 19.3 Å². The van der Waals surface area contributed by atoms with Gasteiger partial charge >= 0.3 is 0 Å². The summed E-state index contributed by atoms with van der Waals surface area (Å²) in [6.45, 7) is 3.00. The van der Waals surface area contributed by atoms with Gasteiger partial charge in [-0.3, -0.25) is 0 Å². The van der Waals surface area contributed by atoms with Gasteiger partial charge in [0.1, 0.15) is 0 Å². The summed E-state index contributed by atoms with van der Waals surface area (Å²) >= 11 is 5.95. The Balaban J connectivity index is 2.02. The molecule has 2 fully saturated rings. The summed E-state index contributed by atoms with van der Waals surface area (Å²) in [6, 6.07) is 0. The van der Waals surface area contributed by atoms with Crippen molar-refractivity contribution < 1.29 is 5.11 Å². The largest absolute Gasteiger partial charge is 0.362 e. The van der Waals surface area contributed by atoms with Crippen molar-refractivity contribution in [3.8, 4) is 0 Å². The number of hydrogen-bond acceptors (Lipinski definition) is 3. The fourth-order valence-corrected chi connectivity index (χ4v) is 2.38. The van der Waals surface area contributed by atoms with Crippen molar-refractivity contribution >= 4 is 11.6 Å². The van der Waals surface area contributed by atoms with Crippen LogP contribution in [0, 0.1) is 0 Å². The molecule has 0 radical (unpaired) electrons. The second kappa shape index (κ2) is 3.14. The molecule has 0 spiro atoms. The van der Waals surface area contributed by atoms with Crippen molar-refractivity contribution in [3.63, 3.8) is 0 Å². The van der Waals surface area contributed by atoms with Gasteiger partial charge in [-0.2, -0.15) is 5.01 Å². The van der Waals surface area contributed by atoms with Gasteiger partial charge in [0.15, 0.2) is 0 Å². The molecule has 3 nitrogen and oxygen atoms in total. The lowest BCUT2D eigenvalue weighted by atomic mass is 10.4. The van der Waals surface area contributed by atoms with E-state index in [-0.39, 0.29) is 0 Å². The fraction of sp³-hybridized carbons (Fsp3) is 1.00. The van der Waals surface area contributed by atoms with Gasteiger partial charge in [-0.15, -0.1) is 0 Å². The average Bonchev–Trinajstić information content (AvgIpc) is 2.55. The average molecular weight is 191 g/mol. The molecule has 2 aliphatic rings. The first-order valence-corrected chi connectivity index (χ1v) is 5.02. The van der Waals surface area contributed by atoms with Gasteiger partial charge in [0.2, 0.25) is 5.18 Å². The van der Waals surface area contributed by atoms with Crippen LogP contribution in [0.1, 0.15) is 25.7 Å². The smallest absolute Gasteiger partial charge is 0.208 e. The first-order valence-electron chi connectivity index (χ1n) is 4.64. The van der Waals surface area contributed by atoms with Gasteiger partial charge in [0, 0.05) is 26.1 Å². The second-order valence-corrected chi connectivity index (χ2v) is 4.21. The molecule has 70 valence electrons. The maximum absolute atomic E-state index is 9.76. The van der Waals surface area contributed by atoms with Crippen LogP contribution in [0.25, 0.3) is 0 Å². The van der Waals surface area contributed by atoms with Gasteiger partial charge in [0.05, 0.1) is 0 Å². The molecule has 0 aromatic carbocycles. The van der Waals surface area contributed by atoms with Gasteiger partial charge in [0.25, 0.3) is 0 Å². The monoisotopic (exact) mass is 190 g/mol. The highest BCUT2D eigenvalue weighted by Gasteiger charge is 2.41.